The van der Waals surface area contributed by atoms with E-state index in [0.717, 1.165) is 31.8 Å². The van der Waals surface area contributed by atoms with Gasteiger partial charge in [-0.2, -0.15) is 5.06 Å². The van der Waals surface area contributed by atoms with Gasteiger partial charge in [0.05, 0.1) is 12.0 Å². The fourth-order valence-corrected chi connectivity index (χ4v) is 8.89. The SMILES string of the molecule is C[C@]12C[C@H](O)[C@@]3(F)[C@@H](C[C@H](F)C4=CC(=O)C=C[C@@]43C)C1C[C@@H](CN(O)CC1CCCC1)[C@@H]2C(=O)O. The highest BCUT2D eigenvalue weighted by atomic mass is 19.1. The normalized spacial score (nSPS) is 47.4. The third-order valence-corrected chi connectivity index (χ3v) is 10.5. The maximum Gasteiger partial charge on any atom is 0.307 e. The monoisotopic (exact) mass is 493 g/mol. The summed E-state index contributed by atoms with van der Waals surface area (Å²) in [7, 11) is 0. The molecule has 0 aliphatic heterocycles. The number of hydroxylamine groups is 2. The van der Waals surface area contributed by atoms with Crippen LogP contribution in [-0.2, 0) is 9.59 Å². The molecule has 5 aliphatic rings. The van der Waals surface area contributed by atoms with Crippen LogP contribution in [0.1, 0.15) is 58.8 Å². The lowest BCUT2D eigenvalue weighted by molar-refractivity contribution is -0.204. The number of ketones is 1. The van der Waals surface area contributed by atoms with Crippen LogP contribution < -0.4 is 0 Å². The molecule has 0 heterocycles. The Morgan fingerprint density at radius 2 is 1.86 bits per heavy atom. The molecule has 1 unspecified atom stereocenters. The van der Waals surface area contributed by atoms with E-state index < -0.39 is 64.2 Å². The van der Waals surface area contributed by atoms with Gasteiger partial charge in [-0.15, -0.1) is 0 Å². The topological polar surface area (TPSA) is 98.1 Å². The van der Waals surface area contributed by atoms with E-state index in [4.69, 9.17) is 0 Å². The smallest absolute Gasteiger partial charge is 0.307 e. The number of rotatable bonds is 5. The first-order valence-corrected chi connectivity index (χ1v) is 13.0. The first-order chi connectivity index (χ1) is 16.4. The molecule has 4 fully saturated rings. The molecule has 0 aromatic heterocycles. The molecule has 5 rings (SSSR count). The van der Waals surface area contributed by atoms with Gasteiger partial charge in [0.15, 0.2) is 11.5 Å². The minimum absolute atomic E-state index is 0.0617. The summed E-state index contributed by atoms with van der Waals surface area (Å²) in [5.41, 5.74) is -4.57. The van der Waals surface area contributed by atoms with Gasteiger partial charge < -0.3 is 15.4 Å². The van der Waals surface area contributed by atoms with E-state index in [1.165, 1.54) is 17.2 Å². The Labute approximate surface area is 205 Å². The number of allylic oxidation sites excluding steroid dienone is 4. The van der Waals surface area contributed by atoms with Gasteiger partial charge in [0.1, 0.15) is 6.17 Å². The van der Waals surface area contributed by atoms with Gasteiger partial charge >= 0.3 is 5.97 Å². The summed E-state index contributed by atoms with van der Waals surface area (Å²) in [5.74, 6) is -3.71. The highest BCUT2D eigenvalue weighted by molar-refractivity contribution is 6.01. The number of halogens is 2. The largest absolute Gasteiger partial charge is 0.481 e. The van der Waals surface area contributed by atoms with Gasteiger partial charge in [0, 0.05) is 24.4 Å². The number of fused-ring (bicyclic) bond motifs is 5. The van der Waals surface area contributed by atoms with Gasteiger partial charge in [0.25, 0.3) is 0 Å². The fraction of sp³-hybridized carbons (Fsp3) is 0.778. The fourth-order valence-electron chi connectivity index (χ4n) is 8.89. The maximum atomic E-state index is 17.2. The molecule has 3 N–H and O–H groups in total. The Morgan fingerprint density at radius 3 is 2.51 bits per heavy atom. The molecule has 194 valence electrons. The van der Waals surface area contributed by atoms with E-state index in [9.17, 15) is 25.0 Å². The van der Waals surface area contributed by atoms with E-state index in [-0.39, 0.29) is 25.0 Å². The number of aliphatic hydroxyl groups excluding tert-OH is 1. The van der Waals surface area contributed by atoms with Crippen LogP contribution in [0.4, 0.5) is 8.78 Å². The highest BCUT2D eigenvalue weighted by Gasteiger charge is 2.73. The third kappa shape index (κ3) is 3.57. The second-order valence-corrected chi connectivity index (χ2v) is 12.3. The van der Waals surface area contributed by atoms with Gasteiger partial charge in [-0.1, -0.05) is 25.8 Å². The van der Waals surface area contributed by atoms with Crippen LogP contribution >= 0.6 is 0 Å². The third-order valence-electron chi connectivity index (χ3n) is 10.5. The molecule has 0 spiro atoms. The quantitative estimate of drug-likeness (QED) is 0.499. The number of carboxylic acid groups (broad SMARTS) is 1. The van der Waals surface area contributed by atoms with Crippen molar-refractivity contribution in [2.45, 2.75) is 76.7 Å². The number of carbonyl (C=O) groups excluding carboxylic acids is 1. The number of alkyl halides is 2. The van der Waals surface area contributed by atoms with E-state index in [2.05, 4.69) is 0 Å². The lowest BCUT2D eigenvalue weighted by Gasteiger charge is -2.62. The molecule has 0 amide bonds. The summed E-state index contributed by atoms with van der Waals surface area (Å²) in [6.45, 7) is 3.99. The molecular formula is C27H37F2NO5. The molecule has 0 radical (unpaired) electrons. The van der Waals surface area contributed by atoms with Crippen molar-refractivity contribution in [2.75, 3.05) is 13.1 Å². The van der Waals surface area contributed by atoms with Gasteiger partial charge in [-0.05, 0) is 79.9 Å². The maximum absolute atomic E-state index is 17.2. The summed E-state index contributed by atoms with van der Waals surface area (Å²) in [4.78, 5) is 24.5. The zero-order valence-corrected chi connectivity index (χ0v) is 20.5. The Morgan fingerprint density at radius 1 is 1.17 bits per heavy atom. The second kappa shape index (κ2) is 8.45. The zero-order valence-electron chi connectivity index (χ0n) is 20.5. The first kappa shape index (κ1) is 25.0. The van der Waals surface area contributed by atoms with Crippen molar-refractivity contribution in [3.63, 3.8) is 0 Å². The molecule has 6 nitrogen and oxygen atoms in total. The average Bonchev–Trinajstić information content (AvgIpc) is 3.37. The Kier molecular flexibility index (Phi) is 6.04. The van der Waals surface area contributed by atoms with E-state index in [0.29, 0.717) is 18.9 Å². The predicted molar refractivity (Wildman–Crippen MR) is 124 cm³/mol. The highest BCUT2D eigenvalue weighted by Crippen LogP contribution is 2.70. The van der Waals surface area contributed by atoms with Crippen LogP contribution in [0.5, 0.6) is 0 Å². The van der Waals surface area contributed by atoms with Crippen molar-refractivity contribution < 1.29 is 33.8 Å². The van der Waals surface area contributed by atoms with Crippen LogP contribution in [-0.4, -0.2) is 63.3 Å². The summed E-state index contributed by atoms with van der Waals surface area (Å²) >= 11 is 0. The van der Waals surface area contributed by atoms with Crippen molar-refractivity contribution in [1.29, 1.82) is 0 Å². The van der Waals surface area contributed by atoms with Gasteiger partial charge in [-0.3, -0.25) is 9.59 Å². The predicted octanol–water partition coefficient (Wildman–Crippen LogP) is 4.11. The van der Waals surface area contributed by atoms with Crippen LogP contribution in [0.3, 0.4) is 0 Å². The summed E-state index contributed by atoms with van der Waals surface area (Å²) in [6, 6.07) is 0. The van der Waals surface area contributed by atoms with Crippen molar-refractivity contribution in [3.8, 4) is 0 Å². The second-order valence-electron chi connectivity index (χ2n) is 12.3. The minimum atomic E-state index is -2.22. The van der Waals surface area contributed by atoms with Gasteiger partial charge in [-0.25, -0.2) is 8.78 Å². The lowest BCUT2D eigenvalue weighted by Crippen LogP contribution is -2.68. The van der Waals surface area contributed by atoms with Crippen LogP contribution in [0.2, 0.25) is 0 Å². The van der Waals surface area contributed by atoms with Crippen LogP contribution in [0, 0.1) is 40.4 Å². The first-order valence-electron chi connectivity index (χ1n) is 13.0. The molecule has 4 saturated carbocycles. The number of hydrogen-bond acceptors (Lipinski definition) is 5. The molecule has 35 heavy (non-hydrogen) atoms. The summed E-state index contributed by atoms with van der Waals surface area (Å²) in [6.07, 6.45) is 5.21. The number of carboxylic acids is 1. The van der Waals surface area contributed by atoms with E-state index in [1.807, 2.05) is 0 Å². The summed E-state index contributed by atoms with van der Waals surface area (Å²) in [5, 5.41) is 33.5. The molecule has 0 aromatic carbocycles. The Hall–Kier alpha value is -1.64. The van der Waals surface area contributed by atoms with Crippen molar-refractivity contribution in [1.82, 2.24) is 5.06 Å². The number of nitrogens with zero attached hydrogens (tertiary/aromatic N) is 1. The number of aliphatic hydroxyl groups is 1. The zero-order chi connectivity index (χ0) is 25.3. The lowest BCUT2D eigenvalue weighted by atomic mass is 9.45. The average molecular weight is 494 g/mol. The standard InChI is InChI=1S/C27H37F2NO5/c1-25-12-22(32)27(29)19(11-21(28)20-10-17(31)7-8-26(20,27)2)18(25)9-16(23(25)24(33)34)14-30(35)13-15-5-3-4-6-15/h7-8,10,15-16,18-19,21-23,32,35H,3-6,9,11-14H2,1-2H3,(H,33,34)/t16-,18?,19-,21-,22-,23+,25-,26-,27-/m0/s1. The van der Waals surface area contributed by atoms with Crippen molar-refractivity contribution in [2.24, 2.45) is 40.4 Å². The van der Waals surface area contributed by atoms with Crippen LogP contribution in [0.15, 0.2) is 23.8 Å². The minimum Gasteiger partial charge on any atom is -0.481 e. The van der Waals surface area contributed by atoms with Crippen LogP contribution in [0.25, 0.3) is 0 Å². The van der Waals surface area contributed by atoms with E-state index >= 15 is 8.78 Å². The molecular weight excluding hydrogens is 456 g/mol. The van der Waals surface area contributed by atoms with E-state index in [1.54, 1.807) is 13.8 Å². The summed E-state index contributed by atoms with van der Waals surface area (Å²) < 4.78 is 32.7. The number of aliphatic carboxylic acids is 1. The molecule has 0 aromatic rings. The molecule has 0 bridgehead atoms. The Balaban J connectivity index is 1.48. The molecule has 0 saturated heterocycles. The molecule has 8 heteroatoms. The number of carbonyl (C=O) groups is 2. The van der Waals surface area contributed by atoms with Crippen molar-refractivity contribution in [3.05, 3.63) is 23.8 Å². The Bertz CT molecular complexity index is 963. The number of hydrogen-bond donors (Lipinski definition) is 3. The molecule has 5 aliphatic carbocycles. The van der Waals surface area contributed by atoms with Crippen molar-refractivity contribution >= 4 is 11.8 Å². The molecule has 9 atom stereocenters. The van der Waals surface area contributed by atoms with Gasteiger partial charge in [0.2, 0.25) is 0 Å².